The number of nitrogens with zero attached hydrogens (tertiary/aromatic N) is 3. The summed E-state index contributed by atoms with van der Waals surface area (Å²) in [5.74, 6) is 0. The van der Waals surface area contributed by atoms with Crippen molar-refractivity contribution in [3.63, 3.8) is 0 Å². The average molecular weight is 744 g/mol. The lowest BCUT2D eigenvalue weighted by Crippen LogP contribution is -2.03. The molecule has 0 saturated carbocycles. The molecule has 8 aromatic carbocycles. The highest BCUT2D eigenvalue weighted by atomic mass is 32.1. The molecule has 0 aliphatic carbocycles. The van der Waals surface area contributed by atoms with Crippen molar-refractivity contribution in [2.45, 2.75) is 0 Å². The normalized spacial score (nSPS) is 11.9. The quantitative estimate of drug-likeness (QED) is 0.172. The van der Waals surface area contributed by atoms with Gasteiger partial charge in [0.25, 0.3) is 0 Å². The van der Waals surface area contributed by atoms with Gasteiger partial charge in [-0.3, -0.25) is 0 Å². The third-order valence-electron chi connectivity index (χ3n) is 11.5. The zero-order valence-electron chi connectivity index (χ0n) is 30.8. The van der Waals surface area contributed by atoms with Gasteiger partial charge in [-0.1, -0.05) is 152 Å². The van der Waals surface area contributed by atoms with Gasteiger partial charge < -0.3 is 9.13 Å². The van der Waals surface area contributed by atoms with Crippen LogP contribution in [0.4, 0.5) is 0 Å². The molecule has 0 aliphatic rings. The lowest BCUT2D eigenvalue weighted by atomic mass is 9.95. The Kier molecular flexibility index (Phi) is 7.10. The highest BCUT2D eigenvalue weighted by Crippen LogP contribution is 2.50. The van der Waals surface area contributed by atoms with Gasteiger partial charge in [-0.25, -0.2) is 4.98 Å². The molecule has 0 N–H and O–H groups in total. The fraction of sp³-hybridized carbons (Fsp3) is 0. The SMILES string of the molecule is c1ccc(-c2cc(-c3c(-n4c5ccccc5c5ccccc54)cc(-n4c5ccccc5c5ccccc54)c4c3sc3ccccc34)cc(-c3ccccc3)n2)cc1. The van der Waals surface area contributed by atoms with Gasteiger partial charge in [0.15, 0.2) is 0 Å². The molecule has 0 atom stereocenters. The number of aromatic nitrogens is 3. The van der Waals surface area contributed by atoms with Crippen molar-refractivity contribution in [3.05, 3.63) is 200 Å². The Morgan fingerprint density at radius 3 is 1.25 bits per heavy atom. The second kappa shape index (κ2) is 12.6. The molecule has 4 heterocycles. The predicted octanol–water partition coefficient (Wildman–Crippen LogP) is 14.6. The van der Waals surface area contributed by atoms with Crippen LogP contribution in [0.2, 0.25) is 0 Å². The maximum atomic E-state index is 5.33. The zero-order valence-corrected chi connectivity index (χ0v) is 31.6. The lowest BCUT2D eigenvalue weighted by Gasteiger charge is -2.20. The Morgan fingerprint density at radius 1 is 0.351 bits per heavy atom. The molecule has 4 heteroatoms. The first-order valence-corrected chi connectivity index (χ1v) is 20.2. The molecule has 4 aromatic heterocycles. The Labute approximate surface area is 333 Å². The van der Waals surface area contributed by atoms with Crippen LogP contribution in [0, 0.1) is 0 Å². The van der Waals surface area contributed by atoms with Gasteiger partial charge in [0.1, 0.15) is 0 Å². The van der Waals surface area contributed by atoms with E-state index in [1.54, 1.807) is 0 Å². The smallest absolute Gasteiger partial charge is 0.0715 e. The fourth-order valence-electron chi connectivity index (χ4n) is 9.05. The predicted molar refractivity (Wildman–Crippen MR) is 242 cm³/mol. The third-order valence-corrected chi connectivity index (χ3v) is 12.7. The van der Waals surface area contributed by atoms with E-state index >= 15 is 0 Å². The van der Waals surface area contributed by atoms with Gasteiger partial charge in [0.2, 0.25) is 0 Å². The number of rotatable bonds is 5. The van der Waals surface area contributed by atoms with Crippen molar-refractivity contribution in [1.29, 1.82) is 0 Å². The van der Waals surface area contributed by atoms with Gasteiger partial charge >= 0.3 is 0 Å². The lowest BCUT2D eigenvalue weighted by molar-refractivity contribution is 1.15. The van der Waals surface area contributed by atoms with Gasteiger partial charge in [0, 0.05) is 58.4 Å². The fourth-order valence-corrected chi connectivity index (χ4v) is 10.3. The van der Waals surface area contributed by atoms with Crippen LogP contribution in [0.25, 0.3) is 109 Å². The van der Waals surface area contributed by atoms with Crippen molar-refractivity contribution in [3.8, 4) is 45.0 Å². The maximum Gasteiger partial charge on any atom is 0.0715 e. The zero-order chi connectivity index (χ0) is 37.5. The van der Waals surface area contributed by atoms with E-state index in [1.807, 2.05) is 11.3 Å². The number of pyridine rings is 1. The van der Waals surface area contributed by atoms with Crippen LogP contribution in [0.5, 0.6) is 0 Å². The van der Waals surface area contributed by atoms with E-state index in [4.69, 9.17) is 4.98 Å². The minimum atomic E-state index is 0.945. The van der Waals surface area contributed by atoms with Crippen LogP contribution in [-0.2, 0) is 0 Å². The molecule has 12 aromatic rings. The second-order valence-corrected chi connectivity index (χ2v) is 15.7. The summed E-state index contributed by atoms with van der Waals surface area (Å²) >= 11 is 1.88. The molecule has 0 aliphatic heterocycles. The van der Waals surface area contributed by atoms with Crippen LogP contribution >= 0.6 is 11.3 Å². The second-order valence-electron chi connectivity index (χ2n) is 14.7. The molecule has 266 valence electrons. The highest BCUT2D eigenvalue weighted by Gasteiger charge is 2.26. The summed E-state index contributed by atoms with van der Waals surface area (Å²) < 4.78 is 7.52. The average Bonchev–Trinajstić information content (AvgIpc) is 3.95. The van der Waals surface area contributed by atoms with Crippen molar-refractivity contribution >= 4 is 75.1 Å². The monoisotopic (exact) mass is 743 g/mol. The summed E-state index contributed by atoms with van der Waals surface area (Å²) in [5.41, 5.74) is 13.4. The summed E-state index contributed by atoms with van der Waals surface area (Å²) in [4.78, 5) is 5.33. The molecule has 0 bridgehead atoms. The van der Waals surface area contributed by atoms with E-state index in [1.165, 1.54) is 75.0 Å². The van der Waals surface area contributed by atoms with Crippen molar-refractivity contribution < 1.29 is 0 Å². The van der Waals surface area contributed by atoms with E-state index in [2.05, 4.69) is 209 Å². The third kappa shape index (κ3) is 4.88. The van der Waals surface area contributed by atoms with Crippen LogP contribution in [0.1, 0.15) is 0 Å². The molecular formula is C53H33N3S. The number of para-hydroxylation sites is 4. The van der Waals surface area contributed by atoms with E-state index in [0.717, 1.165) is 33.8 Å². The van der Waals surface area contributed by atoms with Crippen molar-refractivity contribution in [2.24, 2.45) is 0 Å². The molecule has 0 amide bonds. The largest absolute Gasteiger partial charge is 0.308 e. The number of hydrogen-bond donors (Lipinski definition) is 0. The molecule has 12 rings (SSSR count). The minimum Gasteiger partial charge on any atom is -0.308 e. The van der Waals surface area contributed by atoms with Crippen LogP contribution < -0.4 is 0 Å². The number of thiophene rings is 1. The number of benzene rings is 8. The summed E-state index contributed by atoms with van der Waals surface area (Å²) in [5, 5.41) is 7.47. The summed E-state index contributed by atoms with van der Waals surface area (Å²) in [7, 11) is 0. The Balaban J connectivity index is 1.31. The molecule has 0 unspecified atom stereocenters. The first-order valence-electron chi connectivity index (χ1n) is 19.4. The van der Waals surface area contributed by atoms with Gasteiger partial charge in [-0.2, -0.15) is 0 Å². The number of fused-ring (bicyclic) bond motifs is 9. The Hall–Kier alpha value is -7.27. The van der Waals surface area contributed by atoms with Crippen molar-refractivity contribution in [2.75, 3.05) is 0 Å². The van der Waals surface area contributed by atoms with Crippen LogP contribution in [0.3, 0.4) is 0 Å². The topological polar surface area (TPSA) is 22.8 Å². The Bertz CT molecular complexity index is 3350. The molecule has 3 nitrogen and oxygen atoms in total. The van der Waals surface area contributed by atoms with E-state index in [9.17, 15) is 0 Å². The first-order chi connectivity index (χ1) is 28.3. The summed E-state index contributed by atoms with van der Waals surface area (Å²) in [6.45, 7) is 0. The van der Waals surface area contributed by atoms with E-state index in [-0.39, 0.29) is 0 Å². The van der Waals surface area contributed by atoms with E-state index < -0.39 is 0 Å². The molecule has 0 fully saturated rings. The van der Waals surface area contributed by atoms with Crippen molar-refractivity contribution in [1.82, 2.24) is 14.1 Å². The first kappa shape index (κ1) is 32.0. The van der Waals surface area contributed by atoms with Crippen LogP contribution in [0.15, 0.2) is 200 Å². The maximum absolute atomic E-state index is 5.33. The van der Waals surface area contributed by atoms with Gasteiger partial charge in [-0.05, 0) is 54.1 Å². The summed E-state index contributed by atoms with van der Waals surface area (Å²) in [6, 6.07) is 72.5. The highest BCUT2D eigenvalue weighted by molar-refractivity contribution is 7.26. The van der Waals surface area contributed by atoms with Gasteiger partial charge in [-0.15, -0.1) is 11.3 Å². The number of hydrogen-bond acceptors (Lipinski definition) is 2. The standard InChI is InChI=1S/C53H33N3S/c1-3-17-34(18-4-1)42-31-36(32-43(54-42)35-19-5-2-6-20-35)51-48(55-44-26-12-7-21-37(44)38-22-8-13-27-45(38)55)33-49(52-41-25-11-16-30-50(41)57-53(51)52)56-46-28-14-9-23-39(46)40-24-10-15-29-47(40)56/h1-33H. The van der Waals surface area contributed by atoms with E-state index in [0.29, 0.717) is 0 Å². The minimum absolute atomic E-state index is 0.945. The molecule has 57 heavy (non-hydrogen) atoms. The van der Waals surface area contributed by atoms with Gasteiger partial charge in [0.05, 0.1) is 44.8 Å². The molecular weight excluding hydrogens is 711 g/mol. The summed E-state index contributed by atoms with van der Waals surface area (Å²) in [6.07, 6.45) is 0. The molecule has 0 radical (unpaired) electrons. The van der Waals surface area contributed by atoms with Crippen LogP contribution in [-0.4, -0.2) is 14.1 Å². The Morgan fingerprint density at radius 2 is 0.754 bits per heavy atom. The molecule has 0 spiro atoms. The molecule has 0 saturated heterocycles.